The van der Waals surface area contributed by atoms with Gasteiger partial charge in [-0.1, -0.05) is 49.0 Å². The number of ether oxygens (including phenoxy) is 1. The van der Waals surface area contributed by atoms with Gasteiger partial charge < -0.3 is 10.1 Å². The highest BCUT2D eigenvalue weighted by molar-refractivity contribution is 8.13. The second-order valence-electron chi connectivity index (χ2n) is 5.05. The van der Waals surface area contributed by atoms with E-state index in [0.717, 1.165) is 16.4 Å². The van der Waals surface area contributed by atoms with Crippen LogP contribution in [0.25, 0.3) is 0 Å². The van der Waals surface area contributed by atoms with Crippen molar-refractivity contribution in [3.63, 3.8) is 0 Å². The molecule has 2 rings (SSSR count). The molecular formula is C17H22N2O2S. The van der Waals surface area contributed by atoms with Gasteiger partial charge in [-0.05, 0) is 32.1 Å². The van der Waals surface area contributed by atoms with E-state index < -0.39 is 5.54 Å². The first-order valence-corrected chi connectivity index (χ1v) is 8.66. The van der Waals surface area contributed by atoms with E-state index in [9.17, 15) is 4.79 Å². The summed E-state index contributed by atoms with van der Waals surface area (Å²) in [6.45, 7) is 6.12. The Morgan fingerprint density at radius 1 is 1.32 bits per heavy atom. The molecule has 4 nitrogen and oxygen atoms in total. The molecule has 1 aliphatic rings. The van der Waals surface area contributed by atoms with Gasteiger partial charge in [0, 0.05) is 5.70 Å². The van der Waals surface area contributed by atoms with Crippen molar-refractivity contribution in [2.45, 2.75) is 32.7 Å². The third-order valence-corrected chi connectivity index (χ3v) is 4.39. The Morgan fingerprint density at radius 3 is 2.55 bits per heavy atom. The van der Waals surface area contributed by atoms with Crippen molar-refractivity contribution >= 4 is 22.9 Å². The lowest BCUT2D eigenvalue weighted by Crippen LogP contribution is -2.41. The molecule has 0 spiro atoms. The largest absolute Gasteiger partial charge is 0.463 e. The van der Waals surface area contributed by atoms with Gasteiger partial charge in [-0.25, -0.2) is 9.79 Å². The predicted octanol–water partition coefficient (Wildman–Crippen LogP) is 3.45. The van der Waals surface area contributed by atoms with Gasteiger partial charge in [0.15, 0.2) is 5.17 Å². The zero-order valence-electron chi connectivity index (χ0n) is 13.5. The number of rotatable bonds is 4. The van der Waals surface area contributed by atoms with Crippen molar-refractivity contribution in [3.8, 4) is 0 Å². The van der Waals surface area contributed by atoms with Gasteiger partial charge in [-0.3, -0.25) is 0 Å². The highest BCUT2D eigenvalue weighted by atomic mass is 32.2. The fourth-order valence-corrected chi connectivity index (χ4v) is 3.30. The number of nitrogens with zero attached hydrogens (tertiary/aromatic N) is 1. The first-order chi connectivity index (χ1) is 10.6. The van der Waals surface area contributed by atoms with Crippen molar-refractivity contribution in [2.75, 3.05) is 12.9 Å². The van der Waals surface area contributed by atoms with Crippen LogP contribution in [0.15, 0.2) is 46.6 Å². The van der Waals surface area contributed by atoms with E-state index in [4.69, 9.17) is 9.73 Å². The maximum Gasteiger partial charge on any atom is 0.338 e. The minimum absolute atomic E-state index is 0.304. The van der Waals surface area contributed by atoms with Gasteiger partial charge in [0.1, 0.15) is 5.54 Å². The lowest BCUT2D eigenvalue weighted by atomic mass is 9.79. The van der Waals surface area contributed by atoms with Gasteiger partial charge in [0.25, 0.3) is 0 Å². The lowest BCUT2D eigenvalue weighted by Gasteiger charge is -2.36. The van der Waals surface area contributed by atoms with Crippen molar-refractivity contribution < 1.29 is 9.53 Å². The van der Waals surface area contributed by atoms with Crippen LogP contribution >= 0.6 is 11.8 Å². The number of amidine groups is 1. The third-order valence-electron chi connectivity index (χ3n) is 3.81. The van der Waals surface area contributed by atoms with Crippen molar-refractivity contribution in [1.82, 2.24) is 5.32 Å². The molecular weight excluding hydrogens is 296 g/mol. The van der Waals surface area contributed by atoms with Crippen molar-refractivity contribution in [1.29, 1.82) is 0 Å². The van der Waals surface area contributed by atoms with Crippen molar-refractivity contribution in [2.24, 2.45) is 4.99 Å². The third kappa shape index (κ3) is 2.90. The summed E-state index contributed by atoms with van der Waals surface area (Å²) in [7, 11) is 0. The van der Waals surface area contributed by atoms with E-state index in [1.165, 1.54) is 0 Å². The van der Waals surface area contributed by atoms with Crippen LogP contribution in [0.5, 0.6) is 0 Å². The highest BCUT2D eigenvalue weighted by Gasteiger charge is 2.43. The molecule has 1 aromatic carbocycles. The van der Waals surface area contributed by atoms with E-state index in [0.29, 0.717) is 18.6 Å². The Bertz CT molecular complexity index is 610. The van der Waals surface area contributed by atoms with Crippen LogP contribution in [0, 0.1) is 0 Å². The molecule has 0 radical (unpaired) electrons. The molecule has 0 aromatic heterocycles. The Balaban J connectivity index is 2.64. The van der Waals surface area contributed by atoms with E-state index in [1.807, 2.05) is 57.4 Å². The molecule has 0 bridgehead atoms. The second kappa shape index (κ2) is 7.01. The summed E-state index contributed by atoms with van der Waals surface area (Å²) < 4.78 is 5.29. The van der Waals surface area contributed by atoms with Gasteiger partial charge in [-0.15, -0.1) is 0 Å². The predicted molar refractivity (Wildman–Crippen MR) is 91.8 cm³/mol. The summed E-state index contributed by atoms with van der Waals surface area (Å²) in [5.41, 5.74) is 1.72. The maximum atomic E-state index is 12.6. The molecule has 0 aliphatic carbocycles. The first-order valence-electron chi connectivity index (χ1n) is 7.43. The summed E-state index contributed by atoms with van der Waals surface area (Å²) in [6, 6.07) is 9.95. The van der Waals surface area contributed by atoms with E-state index in [-0.39, 0.29) is 5.97 Å². The Kier molecular flexibility index (Phi) is 5.29. The fraction of sp³-hybridized carbons (Fsp3) is 0.412. The second-order valence-corrected chi connectivity index (χ2v) is 5.84. The molecule has 1 aromatic rings. The molecule has 0 amide bonds. The number of benzene rings is 1. The lowest BCUT2D eigenvalue weighted by molar-refractivity contribution is -0.139. The molecule has 1 unspecified atom stereocenters. The van der Waals surface area contributed by atoms with Crippen LogP contribution in [0.4, 0.5) is 0 Å². The zero-order chi connectivity index (χ0) is 16.2. The molecule has 1 aliphatic heterocycles. The number of nitrogens with one attached hydrogen (secondary N) is 1. The standard InChI is InChI=1S/C17H22N2O2S/c1-5-17(13-10-8-7-9-11-13)14(15(20)21-6-2)12(3)18-16(19-17)22-4/h7-11H,5-6H2,1-4H3,(H,18,19). The SMILES string of the molecule is CCOC(=O)C1=C(C)NC(SC)=NC1(CC)c1ccccc1. The number of allylic oxidation sites excluding steroid dienone is 1. The normalized spacial score (nSPS) is 21.2. The summed E-state index contributed by atoms with van der Waals surface area (Å²) in [5.74, 6) is -0.304. The monoisotopic (exact) mass is 318 g/mol. The number of hydrogen-bond donors (Lipinski definition) is 1. The Hall–Kier alpha value is -1.75. The summed E-state index contributed by atoms with van der Waals surface area (Å²) in [4.78, 5) is 17.4. The van der Waals surface area contributed by atoms with Crippen LogP contribution < -0.4 is 5.32 Å². The van der Waals surface area contributed by atoms with Gasteiger partial charge >= 0.3 is 5.97 Å². The Morgan fingerprint density at radius 2 is 2.00 bits per heavy atom. The topological polar surface area (TPSA) is 50.7 Å². The smallest absolute Gasteiger partial charge is 0.338 e. The number of esters is 1. The first kappa shape index (κ1) is 16.6. The molecule has 0 saturated heterocycles. The fourth-order valence-electron chi connectivity index (χ4n) is 2.79. The minimum Gasteiger partial charge on any atom is -0.463 e. The van der Waals surface area contributed by atoms with Gasteiger partial charge in [0.05, 0.1) is 12.2 Å². The highest BCUT2D eigenvalue weighted by Crippen LogP contribution is 2.41. The quantitative estimate of drug-likeness (QED) is 0.864. The van der Waals surface area contributed by atoms with Crippen LogP contribution in [0.3, 0.4) is 0 Å². The summed E-state index contributed by atoms with van der Waals surface area (Å²) >= 11 is 1.54. The average molecular weight is 318 g/mol. The minimum atomic E-state index is -0.693. The molecule has 118 valence electrons. The Labute approximate surface area is 136 Å². The molecule has 1 atom stereocenters. The molecule has 0 fully saturated rings. The molecule has 1 heterocycles. The number of carbonyl (C=O) groups excluding carboxylic acids is 1. The van der Waals surface area contributed by atoms with E-state index in [2.05, 4.69) is 5.32 Å². The van der Waals surface area contributed by atoms with Crippen LogP contribution in [0.1, 0.15) is 32.8 Å². The number of hydrogen-bond acceptors (Lipinski definition) is 5. The molecule has 5 heteroatoms. The zero-order valence-corrected chi connectivity index (χ0v) is 14.3. The average Bonchev–Trinajstić information content (AvgIpc) is 2.54. The van der Waals surface area contributed by atoms with E-state index >= 15 is 0 Å². The van der Waals surface area contributed by atoms with Gasteiger partial charge in [0.2, 0.25) is 0 Å². The van der Waals surface area contributed by atoms with Crippen LogP contribution in [0.2, 0.25) is 0 Å². The number of thioether (sulfide) groups is 1. The van der Waals surface area contributed by atoms with Crippen LogP contribution in [-0.2, 0) is 15.1 Å². The molecule has 1 N–H and O–H groups in total. The summed E-state index contributed by atoms with van der Waals surface area (Å²) in [5, 5.41) is 4.02. The molecule has 22 heavy (non-hydrogen) atoms. The van der Waals surface area contributed by atoms with Crippen molar-refractivity contribution in [3.05, 3.63) is 47.2 Å². The number of aliphatic imine (C=N–C) groups is 1. The maximum absolute atomic E-state index is 12.6. The van der Waals surface area contributed by atoms with E-state index in [1.54, 1.807) is 11.8 Å². The van der Waals surface area contributed by atoms with Gasteiger partial charge in [-0.2, -0.15) is 0 Å². The summed E-state index contributed by atoms with van der Waals surface area (Å²) in [6.07, 6.45) is 2.66. The molecule has 0 saturated carbocycles. The number of carbonyl (C=O) groups is 1. The van der Waals surface area contributed by atoms with Crippen LogP contribution in [-0.4, -0.2) is 24.0 Å².